The molecule has 0 radical (unpaired) electrons. The fraction of sp³-hybridized carbons (Fsp3) is 0.400. The van der Waals surface area contributed by atoms with Gasteiger partial charge in [-0.1, -0.05) is 30.7 Å². The standard InChI is InChI=1S/C15H17ClN2O3/c1-2-6-17-9-15(21)18(10-14(17)20)8-13(19)11-4-3-5-12(16)7-11/h3-5,7H,2,6,8-10H2,1H3. The molecule has 5 nitrogen and oxygen atoms in total. The van der Waals surface area contributed by atoms with Gasteiger partial charge >= 0.3 is 0 Å². The maximum Gasteiger partial charge on any atom is 0.243 e. The lowest BCUT2D eigenvalue weighted by Gasteiger charge is -2.33. The lowest BCUT2D eigenvalue weighted by Crippen LogP contribution is -2.54. The first-order valence-corrected chi connectivity index (χ1v) is 7.23. The number of benzene rings is 1. The summed E-state index contributed by atoms with van der Waals surface area (Å²) in [5.74, 6) is -0.531. The van der Waals surface area contributed by atoms with Crippen LogP contribution in [-0.2, 0) is 9.59 Å². The monoisotopic (exact) mass is 308 g/mol. The van der Waals surface area contributed by atoms with Crippen LogP contribution < -0.4 is 0 Å². The Labute approximate surface area is 128 Å². The zero-order valence-corrected chi connectivity index (χ0v) is 12.6. The summed E-state index contributed by atoms with van der Waals surface area (Å²) in [5, 5.41) is 0.469. The molecular weight excluding hydrogens is 292 g/mol. The number of rotatable bonds is 5. The molecule has 1 aliphatic heterocycles. The number of piperazine rings is 1. The van der Waals surface area contributed by atoms with Crippen molar-refractivity contribution in [1.82, 2.24) is 9.80 Å². The average Bonchev–Trinajstić information content (AvgIpc) is 2.44. The van der Waals surface area contributed by atoms with E-state index in [0.29, 0.717) is 17.1 Å². The molecule has 1 heterocycles. The van der Waals surface area contributed by atoms with E-state index in [0.717, 1.165) is 6.42 Å². The zero-order chi connectivity index (χ0) is 15.4. The van der Waals surface area contributed by atoms with E-state index in [9.17, 15) is 14.4 Å². The molecule has 0 atom stereocenters. The number of nitrogens with zero attached hydrogens (tertiary/aromatic N) is 2. The molecule has 1 aromatic rings. The Morgan fingerprint density at radius 2 is 1.86 bits per heavy atom. The number of hydrogen-bond acceptors (Lipinski definition) is 3. The van der Waals surface area contributed by atoms with Gasteiger partial charge in [0.1, 0.15) is 6.54 Å². The maximum absolute atomic E-state index is 12.1. The fourth-order valence-corrected chi connectivity index (χ4v) is 2.44. The molecular formula is C15H17ClN2O3. The second-order valence-electron chi connectivity index (χ2n) is 5.00. The molecule has 0 aliphatic carbocycles. The van der Waals surface area contributed by atoms with Crippen LogP contribution in [-0.4, -0.2) is 53.6 Å². The summed E-state index contributed by atoms with van der Waals surface area (Å²) in [6.45, 7) is 2.44. The van der Waals surface area contributed by atoms with E-state index in [1.54, 1.807) is 24.3 Å². The van der Waals surface area contributed by atoms with Gasteiger partial charge in [-0.15, -0.1) is 0 Å². The topological polar surface area (TPSA) is 57.7 Å². The molecule has 1 saturated heterocycles. The third-order valence-electron chi connectivity index (χ3n) is 3.33. The van der Waals surface area contributed by atoms with Gasteiger partial charge < -0.3 is 9.80 Å². The Balaban J connectivity index is 2.02. The number of amides is 2. The van der Waals surface area contributed by atoms with Crippen molar-refractivity contribution < 1.29 is 14.4 Å². The maximum atomic E-state index is 12.1. The highest BCUT2D eigenvalue weighted by Gasteiger charge is 2.30. The summed E-state index contributed by atoms with van der Waals surface area (Å²) < 4.78 is 0. The van der Waals surface area contributed by atoms with Crippen LogP contribution in [0.5, 0.6) is 0 Å². The molecule has 1 aromatic carbocycles. The predicted octanol–water partition coefficient (Wildman–Crippen LogP) is 1.60. The van der Waals surface area contributed by atoms with Gasteiger partial charge in [0.15, 0.2) is 5.78 Å². The highest BCUT2D eigenvalue weighted by Crippen LogP contribution is 2.13. The highest BCUT2D eigenvalue weighted by atomic mass is 35.5. The van der Waals surface area contributed by atoms with Crippen molar-refractivity contribution in [1.29, 1.82) is 0 Å². The van der Waals surface area contributed by atoms with Gasteiger partial charge in [-0.25, -0.2) is 0 Å². The molecule has 6 heteroatoms. The molecule has 0 N–H and O–H groups in total. The largest absolute Gasteiger partial charge is 0.332 e. The molecule has 1 aliphatic rings. The molecule has 0 bridgehead atoms. The first-order valence-electron chi connectivity index (χ1n) is 6.85. The molecule has 112 valence electrons. The van der Waals surface area contributed by atoms with Crippen molar-refractivity contribution in [2.24, 2.45) is 0 Å². The number of carbonyl (C=O) groups is 3. The second-order valence-corrected chi connectivity index (χ2v) is 5.44. The molecule has 0 saturated carbocycles. The smallest absolute Gasteiger partial charge is 0.243 e. The van der Waals surface area contributed by atoms with E-state index < -0.39 is 0 Å². The van der Waals surface area contributed by atoms with Gasteiger partial charge in [-0.05, 0) is 18.6 Å². The number of hydrogen-bond donors (Lipinski definition) is 0. The van der Waals surface area contributed by atoms with E-state index in [-0.39, 0.29) is 37.2 Å². The van der Waals surface area contributed by atoms with E-state index in [1.807, 2.05) is 6.92 Å². The van der Waals surface area contributed by atoms with Crippen molar-refractivity contribution in [2.45, 2.75) is 13.3 Å². The Kier molecular flexibility index (Phi) is 4.96. The first-order chi connectivity index (χ1) is 10.0. The number of carbonyl (C=O) groups excluding carboxylic acids is 3. The van der Waals surface area contributed by atoms with Crippen molar-refractivity contribution in [3.8, 4) is 0 Å². The zero-order valence-electron chi connectivity index (χ0n) is 11.8. The van der Waals surface area contributed by atoms with Crippen molar-refractivity contribution in [2.75, 3.05) is 26.2 Å². The summed E-state index contributed by atoms with van der Waals surface area (Å²) in [5.41, 5.74) is 0.443. The molecule has 21 heavy (non-hydrogen) atoms. The average molecular weight is 309 g/mol. The molecule has 1 fully saturated rings. The van der Waals surface area contributed by atoms with Gasteiger partial charge in [-0.3, -0.25) is 14.4 Å². The van der Waals surface area contributed by atoms with Crippen molar-refractivity contribution >= 4 is 29.2 Å². The van der Waals surface area contributed by atoms with E-state index in [2.05, 4.69) is 0 Å². The Hall–Kier alpha value is -1.88. The number of ketones is 1. The first kappa shape index (κ1) is 15.5. The van der Waals surface area contributed by atoms with E-state index in [4.69, 9.17) is 11.6 Å². The second kappa shape index (κ2) is 6.72. The lowest BCUT2D eigenvalue weighted by atomic mass is 10.1. The van der Waals surface area contributed by atoms with E-state index >= 15 is 0 Å². The SMILES string of the molecule is CCCN1CC(=O)N(CC(=O)c2cccc(Cl)c2)CC1=O. The summed E-state index contributed by atoms with van der Waals surface area (Å²) in [7, 11) is 0. The lowest BCUT2D eigenvalue weighted by molar-refractivity contribution is -0.149. The quantitative estimate of drug-likeness (QED) is 0.776. The van der Waals surface area contributed by atoms with Crippen LogP contribution in [0.3, 0.4) is 0 Å². The third kappa shape index (κ3) is 3.82. The molecule has 0 spiro atoms. The van der Waals surface area contributed by atoms with Gasteiger partial charge in [0.05, 0.1) is 13.1 Å². The van der Waals surface area contributed by atoms with Crippen LogP contribution in [0.15, 0.2) is 24.3 Å². The van der Waals surface area contributed by atoms with E-state index in [1.165, 1.54) is 9.80 Å². The minimum atomic E-state index is -0.220. The van der Waals surface area contributed by atoms with Crippen molar-refractivity contribution in [3.63, 3.8) is 0 Å². The number of Topliss-reactive ketones (excluding diaryl/α,β-unsaturated/α-hetero) is 1. The summed E-state index contributed by atoms with van der Waals surface area (Å²) in [6.07, 6.45) is 0.806. The Morgan fingerprint density at radius 1 is 1.19 bits per heavy atom. The minimum Gasteiger partial charge on any atom is -0.332 e. The van der Waals surface area contributed by atoms with Crippen LogP contribution in [0.2, 0.25) is 5.02 Å². The summed E-state index contributed by atoms with van der Waals surface area (Å²) in [6, 6.07) is 6.57. The summed E-state index contributed by atoms with van der Waals surface area (Å²) >= 11 is 5.84. The molecule has 2 rings (SSSR count). The number of halogens is 1. The van der Waals surface area contributed by atoms with Crippen LogP contribution >= 0.6 is 11.6 Å². The normalized spacial score (nSPS) is 15.5. The molecule has 0 unspecified atom stereocenters. The Bertz CT molecular complexity index is 574. The van der Waals surface area contributed by atoms with Gasteiger partial charge in [-0.2, -0.15) is 0 Å². The molecule has 0 aromatic heterocycles. The Morgan fingerprint density at radius 3 is 2.52 bits per heavy atom. The minimum absolute atomic E-state index is 0.0366. The van der Waals surface area contributed by atoms with Crippen LogP contribution in [0.1, 0.15) is 23.7 Å². The molecule has 2 amide bonds. The van der Waals surface area contributed by atoms with Crippen LogP contribution in [0.25, 0.3) is 0 Å². The van der Waals surface area contributed by atoms with Gasteiger partial charge in [0.2, 0.25) is 11.8 Å². The van der Waals surface area contributed by atoms with Gasteiger partial charge in [0.25, 0.3) is 0 Å². The van der Waals surface area contributed by atoms with Gasteiger partial charge in [0, 0.05) is 17.1 Å². The summed E-state index contributed by atoms with van der Waals surface area (Å²) in [4.78, 5) is 38.9. The van der Waals surface area contributed by atoms with Crippen molar-refractivity contribution in [3.05, 3.63) is 34.9 Å². The van der Waals surface area contributed by atoms with Crippen LogP contribution in [0, 0.1) is 0 Å². The highest BCUT2D eigenvalue weighted by molar-refractivity contribution is 6.31. The third-order valence-corrected chi connectivity index (χ3v) is 3.57. The van der Waals surface area contributed by atoms with Crippen LogP contribution in [0.4, 0.5) is 0 Å². The fourth-order valence-electron chi connectivity index (χ4n) is 2.25. The predicted molar refractivity (Wildman–Crippen MR) is 79.2 cm³/mol.